The summed E-state index contributed by atoms with van der Waals surface area (Å²) in [6, 6.07) is 14.3. The minimum absolute atomic E-state index is 0.0702. The van der Waals surface area contributed by atoms with Crippen LogP contribution < -0.4 is 5.32 Å². The van der Waals surface area contributed by atoms with Crippen LogP contribution in [-0.4, -0.2) is 37.5 Å². The van der Waals surface area contributed by atoms with Gasteiger partial charge in [-0.15, -0.1) is 11.8 Å². The van der Waals surface area contributed by atoms with Crippen LogP contribution in [0.4, 0.5) is 0 Å². The number of amides is 1. The fourth-order valence-corrected chi connectivity index (χ4v) is 4.51. The molecule has 146 valence electrons. The van der Waals surface area contributed by atoms with Crippen LogP contribution in [0.3, 0.4) is 0 Å². The highest BCUT2D eigenvalue weighted by atomic mass is 79.9. The molecule has 1 amide bonds. The standard InChI is InChI=1S/C19H23BrN2O3S2/c1-14(2)22(3)27(24,25)18-10-4-15(5-11-18)12-21-19(23)13-26-17-8-6-16(20)7-9-17/h4-11,14H,12-13H2,1-3H3,(H,21,23). The minimum Gasteiger partial charge on any atom is -0.351 e. The number of benzene rings is 2. The van der Waals surface area contributed by atoms with Crippen molar-refractivity contribution >= 4 is 43.6 Å². The highest BCUT2D eigenvalue weighted by Crippen LogP contribution is 2.20. The average molecular weight is 471 g/mol. The summed E-state index contributed by atoms with van der Waals surface area (Å²) in [4.78, 5) is 13.3. The summed E-state index contributed by atoms with van der Waals surface area (Å²) >= 11 is 4.85. The van der Waals surface area contributed by atoms with Gasteiger partial charge in [0.25, 0.3) is 0 Å². The van der Waals surface area contributed by atoms with Crippen molar-refractivity contribution < 1.29 is 13.2 Å². The van der Waals surface area contributed by atoms with Crippen LogP contribution in [0.5, 0.6) is 0 Å². The van der Waals surface area contributed by atoms with Gasteiger partial charge in [0.05, 0.1) is 10.6 Å². The molecule has 0 radical (unpaired) electrons. The summed E-state index contributed by atoms with van der Waals surface area (Å²) in [6.45, 7) is 4.02. The van der Waals surface area contributed by atoms with Gasteiger partial charge in [-0.2, -0.15) is 4.31 Å². The van der Waals surface area contributed by atoms with Gasteiger partial charge in [0.15, 0.2) is 0 Å². The lowest BCUT2D eigenvalue weighted by Gasteiger charge is -2.21. The van der Waals surface area contributed by atoms with Gasteiger partial charge < -0.3 is 5.32 Å². The molecule has 27 heavy (non-hydrogen) atoms. The van der Waals surface area contributed by atoms with Crippen molar-refractivity contribution in [3.05, 3.63) is 58.6 Å². The van der Waals surface area contributed by atoms with E-state index in [2.05, 4.69) is 21.2 Å². The maximum absolute atomic E-state index is 12.4. The summed E-state index contributed by atoms with van der Waals surface area (Å²) in [5, 5.41) is 2.85. The Labute approximate surface area is 173 Å². The van der Waals surface area contributed by atoms with E-state index in [-0.39, 0.29) is 16.8 Å². The van der Waals surface area contributed by atoms with E-state index in [1.807, 2.05) is 38.1 Å². The molecule has 2 aromatic carbocycles. The van der Waals surface area contributed by atoms with E-state index in [1.54, 1.807) is 31.3 Å². The molecule has 0 saturated carbocycles. The zero-order valence-electron chi connectivity index (χ0n) is 15.5. The minimum atomic E-state index is -3.49. The van der Waals surface area contributed by atoms with Crippen molar-refractivity contribution in [2.45, 2.75) is 36.2 Å². The number of hydrogen-bond acceptors (Lipinski definition) is 4. The smallest absolute Gasteiger partial charge is 0.243 e. The summed E-state index contributed by atoms with van der Waals surface area (Å²) in [5.74, 6) is 0.256. The first-order valence-electron chi connectivity index (χ1n) is 8.42. The van der Waals surface area contributed by atoms with Gasteiger partial charge in [-0.05, 0) is 55.8 Å². The first-order chi connectivity index (χ1) is 12.7. The van der Waals surface area contributed by atoms with Crippen molar-refractivity contribution in [3.63, 3.8) is 0 Å². The summed E-state index contributed by atoms with van der Waals surface area (Å²) in [7, 11) is -1.92. The van der Waals surface area contributed by atoms with Gasteiger partial charge in [0.1, 0.15) is 0 Å². The number of nitrogens with one attached hydrogen (secondary N) is 1. The predicted molar refractivity (Wildman–Crippen MR) is 113 cm³/mol. The summed E-state index contributed by atoms with van der Waals surface area (Å²) in [5.41, 5.74) is 0.850. The Morgan fingerprint density at radius 2 is 1.70 bits per heavy atom. The molecule has 0 aliphatic heterocycles. The topological polar surface area (TPSA) is 66.5 Å². The van der Waals surface area contributed by atoms with Crippen molar-refractivity contribution in [3.8, 4) is 0 Å². The summed E-state index contributed by atoms with van der Waals surface area (Å²) in [6.07, 6.45) is 0. The van der Waals surface area contributed by atoms with Crippen molar-refractivity contribution in [1.29, 1.82) is 0 Å². The molecule has 0 spiro atoms. The number of halogens is 1. The lowest BCUT2D eigenvalue weighted by atomic mass is 10.2. The third-order valence-corrected chi connectivity index (χ3v) is 7.59. The Bertz CT molecular complexity index is 867. The number of sulfonamides is 1. The zero-order chi connectivity index (χ0) is 20.0. The molecule has 0 bridgehead atoms. The number of thioether (sulfide) groups is 1. The highest BCUT2D eigenvalue weighted by molar-refractivity contribution is 9.10. The van der Waals surface area contributed by atoms with Crippen LogP contribution in [0, 0.1) is 0 Å². The molecule has 8 heteroatoms. The monoisotopic (exact) mass is 470 g/mol. The molecule has 5 nitrogen and oxygen atoms in total. The van der Waals surface area contributed by atoms with E-state index >= 15 is 0 Å². The second kappa shape index (κ2) is 9.73. The van der Waals surface area contributed by atoms with Gasteiger partial charge in [0.2, 0.25) is 15.9 Å². The quantitative estimate of drug-likeness (QED) is 0.594. The van der Waals surface area contributed by atoms with Gasteiger partial charge in [-0.3, -0.25) is 4.79 Å². The number of carbonyl (C=O) groups is 1. The third-order valence-electron chi connectivity index (χ3n) is 4.00. The van der Waals surface area contributed by atoms with Crippen LogP contribution in [0.25, 0.3) is 0 Å². The molecule has 0 aliphatic rings. The van der Waals surface area contributed by atoms with E-state index in [9.17, 15) is 13.2 Å². The molecule has 0 aliphatic carbocycles. The Morgan fingerprint density at radius 3 is 2.26 bits per heavy atom. The Balaban J connectivity index is 1.87. The van der Waals surface area contributed by atoms with Gasteiger partial charge in [0, 0.05) is 29.0 Å². The Morgan fingerprint density at radius 1 is 1.11 bits per heavy atom. The fourth-order valence-electron chi connectivity index (χ4n) is 2.15. The van der Waals surface area contributed by atoms with E-state index < -0.39 is 10.0 Å². The molecular formula is C19H23BrN2O3S2. The van der Waals surface area contributed by atoms with Crippen LogP contribution in [0.1, 0.15) is 19.4 Å². The lowest BCUT2D eigenvalue weighted by Crippen LogP contribution is -2.33. The molecule has 0 heterocycles. The molecule has 0 unspecified atom stereocenters. The lowest BCUT2D eigenvalue weighted by molar-refractivity contribution is -0.118. The number of nitrogens with zero attached hydrogens (tertiary/aromatic N) is 1. The van der Waals surface area contributed by atoms with Crippen molar-refractivity contribution in [2.75, 3.05) is 12.8 Å². The first-order valence-corrected chi connectivity index (χ1v) is 11.6. The van der Waals surface area contributed by atoms with Crippen LogP contribution in [0.2, 0.25) is 0 Å². The number of carbonyl (C=O) groups excluding carboxylic acids is 1. The SMILES string of the molecule is CC(C)N(C)S(=O)(=O)c1ccc(CNC(=O)CSc2ccc(Br)cc2)cc1. The molecule has 2 aromatic rings. The fraction of sp³-hybridized carbons (Fsp3) is 0.316. The largest absolute Gasteiger partial charge is 0.351 e. The Hall–Kier alpha value is -1.35. The number of rotatable bonds is 8. The summed E-state index contributed by atoms with van der Waals surface area (Å²) < 4.78 is 27.2. The maximum Gasteiger partial charge on any atom is 0.243 e. The van der Waals surface area contributed by atoms with Crippen molar-refractivity contribution in [1.82, 2.24) is 9.62 Å². The molecule has 2 rings (SSSR count). The van der Waals surface area contributed by atoms with Crippen LogP contribution in [0.15, 0.2) is 62.8 Å². The molecule has 0 fully saturated rings. The molecule has 0 atom stereocenters. The zero-order valence-corrected chi connectivity index (χ0v) is 18.7. The van der Waals surface area contributed by atoms with Crippen LogP contribution >= 0.6 is 27.7 Å². The van der Waals surface area contributed by atoms with Crippen molar-refractivity contribution in [2.24, 2.45) is 0 Å². The Kier molecular flexibility index (Phi) is 7.91. The second-order valence-corrected chi connectivity index (χ2v) is 10.2. The number of hydrogen-bond donors (Lipinski definition) is 1. The second-order valence-electron chi connectivity index (χ2n) is 6.28. The normalized spacial score (nSPS) is 11.8. The average Bonchev–Trinajstić information content (AvgIpc) is 2.65. The van der Waals surface area contributed by atoms with E-state index in [4.69, 9.17) is 0 Å². The molecular weight excluding hydrogens is 448 g/mol. The highest BCUT2D eigenvalue weighted by Gasteiger charge is 2.22. The van der Waals surface area contributed by atoms with Gasteiger partial charge in [-0.25, -0.2) is 8.42 Å². The first kappa shape index (κ1) is 21.9. The van der Waals surface area contributed by atoms with Crippen LogP contribution in [-0.2, 0) is 21.4 Å². The van der Waals surface area contributed by atoms with E-state index in [0.29, 0.717) is 12.3 Å². The van der Waals surface area contributed by atoms with Gasteiger partial charge in [-0.1, -0.05) is 28.1 Å². The van der Waals surface area contributed by atoms with Gasteiger partial charge >= 0.3 is 0 Å². The van der Waals surface area contributed by atoms with E-state index in [1.165, 1.54) is 16.1 Å². The van der Waals surface area contributed by atoms with E-state index in [0.717, 1.165) is 14.9 Å². The third kappa shape index (κ3) is 6.34. The maximum atomic E-state index is 12.4. The molecule has 0 saturated heterocycles. The molecule has 1 N–H and O–H groups in total. The molecule has 0 aromatic heterocycles. The predicted octanol–water partition coefficient (Wildman–Crippen LogP) is 3.89.